The van der Waals surface area contributed by atoms with Crippen molar-refractivity contribution in [1.82, 2.24) is 10.6 Å². The van der Waals surface area contributed by atoms with Crippen molar-refractivity contribution in [1.29, 1.82) is 0 Å². The highest BCUT2D eigenvalue weighted by Crippen LogP contribution is 2.27. The van der Waals surface area contributed by atoms with Crippen molar-refractivity contribution >= 4 is 23.4 Å². The lowest BCUT2D eigenvalue weighted by molar-refractivity contribution is -0.121. The SMILES string of the molecule is COc1ccc(CNC(=O)CCNC(=O)c2ccc(Cl)cc2)cc1OC. The summed E-state index contributed by atoms with van der Waals surface area (Å²) in [5, 5.41) is 6.07. The summed E-state index contributed by atoms with van der Waals surface area (Å²) in [5.41, 5.74) is 1.39. The molecule has 6 nitrogen and oxygen atoms in total. The lowest BCUT2D eigenvalue weighted by Gasteiger charge is -2.10. The van der Waals surface area contributed by atoms with Crippen LogP contribution in [0.5, 0.6) is 11.5 Å². The van der Waals surface area contributed by atoms with Gasteiger partial charge in [-0.05, 0) is 42.0 Å². The second-order valence-electron chi connectivity index (χ2n) is 5.48. The zero-order valence-electron chi connectivity index (χ0n) is 14.7. The smallest absolute Gasteiger partial charge is 0.251 e. The molecule has 2 amide bonds. The predicted molar refractivity (Wildman–Crippen MR) is 99.8 cm³/mol. The molecule has 2 rings (SSSR count). The highest BCUT2D eigenvalue weighted by molar-refractivity contribution is 6.30. The van der Waals surface area contributed by atoms with E-state index in [4.69, 9.17) is 21.1 Å². The number of benzene rings is 2. The van der Waals surface area contributed by atoms with Gasteiger partial charge in [0.15, 0.2) is 11.5 Å². The Kier molecular flexibility index (Phi) is 7.29. The molecule has 0 aliphatic heterocycles. The van der Waals surface area contributed by atoms with Gasteiger partial charge in [-0.1, -0.05) is 17.7 Å². The van der Waals surface area contributed by atoms with Crippen molar-refractivity contribution < 1.29 is 19.1 Å². The Morgan fingerprint density at radius 3 is 2.31 bits per heavy atom. The number of amides is 2. The summed E-state index contributed by atoms with van der Waals surface area (Å²) in [5.74, 6) is 0.840. The van der Waals surface area contributed by atoms with Gasteiger partial charge >= 0.3 is 0 Å². The van der Waals surface area contributed by atoms with Gasteiger partial charge in [0.25, 0.3) is 5.91 Å². The first-order valence-electron chi connectivity index (χ1n) is 8.05. The minimum atomic E-state index is -0.241. The number of hydrogen-bond acceptors (Lipinski definition) is 4. The van der Waals surface area contributed by atoms with E-state index in [2.05, 4.69) is 10.6 Å². The fourth-order valence-corrected chi connectivity index (χ4v) is 2.40. The maximum absolute atomic E-state index is 11.9. The molecule has 0 aliphatic rings. The van der Waals surface area contributed by atoms with E-state index in [1.807, 2.05) is 6.07 Å². The Balaban J connectivity index is 1.75. The van der Waals surface area contributed by atoms with E-state index in [0.29, 0.717) is 28.6 Å². The Bertz CT molecular complexity index is 763. The van der Waals surface area contributed by atoms with E-state index < -0.39 is 0 Å². The number of ether oxygens (including phenoxy) is 2. The number of rotatable bonds is 8. The van der Waals surface area contributed by atoms with Crippen LogP contribution in [0.3, 0.4) is 0 Å². The molecule has 0 saturated heterocycles. The van der Waals surface area contributed by atoms with Crippen LogP contribution in [0.1, 0.15) is 22.3 Å². The van der Waals surface area contributed by atoms with Gasteiger partial charge < -0.3 is 20.1 Å². The number of carbonyl (C=O) groups is 2. The van der Waals surface area contributed by atoms with Crippen molar-refractivity contribution in [2.45, 2.75) is 13.0 Å². The van der Waals surface area contributed by atoms with Gasteiger partial charge in [-0.15, -0.1) is 0 Å². The molecule has 0 spiro atoms. The molecular weight excluding hydrogens is 356 g/mol. The number of nitrogens with one attached hydrogen (secondary N) is 2. The standard InChI is InChI=1S/C19H21ClN2O4/c1-25-16-8-3-13(11-17(16)26-2)12-22-18(23)9-10-21-19(24)14-4-6-15(20)7-5-14/h3-8,11H,9-10,12H2,1-2H3,(H,21,24)(H,22,23). The number of halogens is 1. The highest BCUT2D eigenvalue weighted by Gasteiger charge is 2.08. The molecule has 26 heavy (non-hydrogen) atoms. The van der Waals surface area contributed by atoms with E-state index in [-0.39, 0.29) is 24.8 Å². The summed E-state index contributed by atoms with van der Waals surface area (Å²) < 4.78 is 10.4. The second-order valence-corrected chi connectivity index (χ2v) is 5.92. The molecule has 0 saturated carbocycles. The van der Waals surface area contributed by atoms with E-state index in [1.54, 1.807) is 50.6 Å². The molecule has 0 bridgehead atoms. The molecule has 2 N–H and O–H groups in total. The zero-order valence-corrected chi connectivity index (χ0v) is 15.4. The average Bonchev–Trinajstić information content (AvgIpc) is 2.66. The lowest BCUT2D eigenvalue weighted by Crippen LogP contribution is -2.30. The maximum Gasteiger partial charge on any atom is 0.251 e. The molecule has 7 heteroatoms. The Morgan fingerprint density at radius 2 is 1.65 bits per heavy atom. The van der Waals surface area contributed by atoms with Gasteiger partial charge in [-0.2, -0.15) is 0 Å². The van der Waals surface area contributed by atoms with Crippen molar-refractivity contribution in [3.05, 3.63) is 58.6 Å². The number of carbonyl (C=O) groups excluding carboxylic acids is 2. The monoisotopic (exact) mass is 376 g/mol. The molecule has 0 radical (unpaired) electrons. The molecule has 0 atom stereocenters. The summed E-state index contributed by atoms with van der Waals surface area (Å²) in [7, 11) is 3.13. The van der Waals surface area contributed by atoms with E-state index in [0.717, 1.165) is 5.56 Å². The van der Waals surface area contributed by atoms with Crippen molar-refractivity contribution in [3.63, 3.8) is 0 Å². The quantitative estimate of drug-likeness (QED) is 0.742. The Hall–Kier alpha value is -2.73. The lowest BCUT2D eigenvalue weighted by atomic mass is 10.2. The molecule has 0 fully saturated rings. The first kappa shape index (κ1) is 19.6. The summed E-state index contributed by atoms with van der Waals surface area (Å²) in [4.78, 5) is 23.9. The maximum atomic E-state index is 11.9. The van der Waals surface area contributed by atoms with Crippen LogP contribution in [0.2, 0.25) is 5.02 Å². The second kappa shape index (κ2) is 9.68. The largest absolute Gasteiger partial charge is 0.493 e. The third kappa shape index (κ3) is 5.67. The van der Waals surface area contributed by atoms with Crippen LogP contribution in [0.4, 0.5) is 0 Å². The van der Waals surface area contributed by atoms with Gasteiger partial charge in [0.05, 0.1) is 14.2 Å². The fourth-order valence-electron chi connectivity index (χ4n) is 2.27. The zero-order chi connectivity index (χ0) is 18.9. The normalized spacial score (nSPS) is 10.1. The number of hydrogen-bond donors (Lipinski definition) is 2. The molecule has 0 aliphatic carbocycles. The third-order valence-electron chi connectivity index (χ3n) is 3.68. The fraction of sp³-hybridized carbons (Fsp3) is 0.263. The van der Waals surface area contributed by atoms with Gasteiger partial charge in [0.2, 0.25) is 5.91 Å². The van der Waals surface area contributed by atoms with Crippen LogP contribution in [-0.4, -0.2) is 32.6 Å². The Labute approximate surface area is 157 Å². The molecule has 2 aromatic carbocycles. The first-order chi connectivity index (χ1) is 12.5. The topological polar surface area (TPSA) is 76.7 Å². The molecule has 138 valence electrons. The third-order valence-corrected chi connectivity index (χ3v) is 3.93. The summed E-state index contributed by atoms with van der Waals surface area (Å²) in [6.07, 6.45) is 0.187. The minimum absolute atomic E-state index is 0.156. The van der Waals surface area contributed by atoms with Crippen LogP contribution in [0.15, 0.2) is 42.5 Å². The van der Waals surface area contributed by atoms with Gasteiger partial charge in [0, 0.05) is 30.1 Å². The molecule has 0 aromatic heterocycles. The first-order valence-corrected chi connectivity index (χ1v) is 8.42. The molecule has 0 unspecified atom stereocenters. The van der Waals surface area contributed by atoms with Crippen molar-refractivity contribution in [2.75, 3.05) is 20.8 Å². The van der Waals surface area contributed by atoms with Crippen molar-refractivity contribution in [3.8, 4) is 11.5 Å². The molecular formula is C19H21ClN2O4. The average molecular weight is 377 g/mol. The van der Waals surface area contributed by atoms with Gasteiger partial charge in [-0.25, -0.2) is 0 Å². The van der Waals surface area contributed by atoms with Crippen LogP contribution in [0.25, 0.3) is 0 Å². The molecule has 2 aromatic rings. The van der Waals surface area contributed by atoms with Crippen LogP contribution in [0, 0.1) is 0 Å². The van der Waals surface area contributed by atoms with Crippen LogP contribution in [-0.2, 0) is 11.3 Å². The Morgan fingerprint density at radius 1 is 0.962 bits per heavy atom. The van der Waals surface area contributed by atoms with Gasteiger partial charge in [0.1, 0.15) is 0 Å². The predicted octanol–water partition coefficient (Wildman–Crippen LogP) is 2.79. The van der Waals surface area contributed by atoms with E-state index in [9.17, 15) is 9.59 Å². The van der Waals surface area contributed by atoms with E-state index in [1.165, 1.54) is 0 Å². The van der Waals surface area contributed by atoms with Crippen molar-refractivity contribution in [2.24, 2.45) is 0 Å². The summed E-state index contributed by atoms with van der Waals surface area (Å²) >= 11 is 5.78. The molecule has 0 heterocycles. The summed E-state index contributed by atoms with van der Waals surface area (Å²) in [6, 6.07) is 12.0. The minimum Gasteiger partial charge on any atom is -0.493 e. The van der Waals surface area contributed by atoms with E-state index >= 15 is 0 Å². The summed E-state index contributed by atoms with van der Waals surface area (Å²) in [6.45, 7) is 0.615. The van der Waals surface area contributed by atoms with Crippen LogP contribution >= 0.6 is 11.6 Å². The van der Waals surface area contributed by atoms with Crippen LogP contribution < -0.4 is 20.1 Å². The highest BCUT2D eigenvalue weighted by atomic mass is 35.5. The number of methoxy groups -OCH3 is 2. The van der Waals surface area contributed by atoms with Gasteiger partial charge in [-0.3, -0.25) is 9.59 Å².